The van der Waals surface area contributed by atoms with Gasteiger partial charge in [-0.1, -0.05) is 24.3 Å². The smallest absolute Gasteiger partial charge is 0.123 e. The zero-order valence-electron chi connectivity index (χ0n) is 9.33. The van der Waals surface area contributed by atoms with E-state index in [4.69, 9.17) is 5.73 Å². The highest BCUT2D eigenvalue weighted by atomic mass is 19.1. The van der Waals surface area contributed by atoms with Crippen LogP contribution in [0.4, 0.5) is 4.39 Å². The number of hydrogen-bond acceptors (Lipinski definition) is 1. The lowest BCUT2D eigenvalue weighted by Crippen LogP contribution is -2.31. The molecule has 0 heterocycles. The van der Waals surface area contributed by atoms with E-state index in [2.05, 4.69) is 0 Å². The Bertz CT molecular complexity index is 337. The molecule has 1 aromatic rings. The second-order valence-electron chi connectivity index (χ2n) is 4.48. The number of nitrogens with two attached hydrogens (primary N) is 1. The molecule has 0 saturated carbocycles. The van der Waals surface area contributed by atoms with Crippen LogP contribution in [-0.4, -0.2) is 5.54 Å². The summed E-state index contributed by atoms with van der Waals surface area (Å²) >= 11 is 0. The number of allylic oxidation sites excluding steroid dienone is 1. The Labute approximate surface area is 90.8 Å². The van der Waals surface area contributed by atoms with Crippen LogP contribution in [0.2, 0.25) is 0 Å². The van der Waals surface area contributed by atoms with Crippen molar-refractivity contribution < 1.29 is 4.39 Å². The first kappa shape index (κ1) is 11.9. The van der Waals surface area contributed by atoms with Gasteiger partial charge in [0, 0.05) is 5.54 Å². The van der Waals surface area contributed by atoms with Gasteiger partial charge in [0.2, 0.25) is 0 Å². The maximum Gasteiger partial charge on any atom is 0.123 e. The number of rotatable bonds is 4. The van der Waals surface area contributed by atoms with E-state index >= 15 is 0 Å². The molecule has 1 nitrogen and oxygen atoms in total. The summed E-state index contributed by atoms with van der Waals surface area (Å²) in [5, 5.41) is 0. The van der Waals surface area contributed by atoms with Gasteiger partial charge in [-0.25, -0.2) is 4.39 Å². The predicted octanol–water partition coefficient (Wildman–Crippen LogP) is 3.36. The molecule has 0 fully saturated rings. The molecular formula is C13H18FN. The van der Waals surface area contributed by atoms with Crippen molar-refractivity contribution in [3.8, 4) is 0 Å². The third-order valence-electron chi connectivity index (χ3n) is 2.11. The molecule has 0 amide bonds. The van der Waals surface area contributed by atoms with E-state index in [0.29, 0.717) is 0 Å². The lowest BCUT2D eigenvalue weighted by Gasteiger charge is -2.16. The molecule has 0 aliphatic rings. The Morgan fingerprint density at radius 2 is 2.13 bits per heavy atom. The van der Waals surface area contributed by atoms with E-state index in [9.17, 15) is 4.39 Å². The molecule has 0 unspecified atom stereocenters. The quantitative estimate of drug-likeness (QED) is 0.805. The average molecular weight is 207 g/mol. The molecule has 0 aromatic heterocycles. The maximum atomic E-state index is 12.8. The molecule has 0 aliphatic carbocycles. The van der Waals surface area contributed by atoms with Crippen LogP contribution in [0.5, 0.6) is 0 Å². The molecule has 0 spiro atoms. The summed E-state index contributed by atoms with van der Waals surface area (Å²) in [6.45, 7) is 4.01. The molecule has 0 aliphatic heterocycles. The van der Waals surface area contributed by atoms with E-state index < -0.39 is 0 Å². The van der Waals surface area contributed by atoms with E-state index in [1.54, 1.807) is 6.07 Å². The summed E-state index contributed by atoms with van der Waals surface area (Å²) in [5.74, 6) is -0.198. The predicted molar refractivity (Wildman–Crippen MR) is 62.9 cm³/mol. The molecule has 15 heavy (non-hydrogen) atoms. The lowest BCUT2D eigenvalue weighted by atomic mass is 10.00. The zero-order chi connectivity index (χ0) is 11.3. The van der Waals surface area contributed by atoms with Crippen molar-refractivity contribution in [1.82, 2.24) is 0 Å². The summed E-state index contributed by atoms with van der Waals surface area (Å²) in [6, 6.07) is 6.56. The second-order valence-corrected chi connectivity index (χ2v) is 4.48. The van der Waals surface area contributed by atoms with Crippen molar-refractivity contribution in [2.45, 2.75) is 32.2 Å². The Kier molecular flexibility index (Phi) is 4.04. The number of benzene rings is 1. The number of hydrogen-bond donors (Lipinski definition) is 1. The van der Waals surface area contributed by atoms with Crippen LogP contribution >= 0.6 is 0 Å². The molecule has 2 heteroatoms. The molecule has 0 saturated heterocycles. The lowest BCUT2D eigenvalue weighted by molar-refractivity contribution is 0.482. The Balaban J connectivity index is 2.45. The van der Waals surface area contributed by atoms with Gasteiger partial charge in [-0.05, 0) is 44.4 Å². The summed E-state index contributed by atoms with van der Waals surface area (Å²) < 4.78 is 12.8. The van der Waals surface area contributed by atoms with E-state index in [0.717, 1.165) is 18.4 Å². The molecule has 2 N–H and O–H groups in total. The van der Waals surface area contributed by atoms with Gasteiger partial charge in [-0.15, -0.1) is 0 Å². The van der Waals surface area contributed by atoms with Gasteiger partial charge < -0.3 is 5.73 Å². The first-order valence-electron chi connectivity index (χ1n) is 5.18. The van der Waals surface area contributed by atoms with E-state index in [1.807, 2.05) is 32.1 Å². The fraction of sp³-hybridized carbons (Fsp3) is 0.385. The largest absolute Gasteiger partial charge is 0.326 e. The minimum absolute atomic E-state index is 0.133. The van der Waals surface area contributed by atoms with Crippen LogP contribution in [0.3, 0.4) is 0 Å². The normalized spacial score (nSPS) is 12.3. The highest BCUT2D eigenvalue weighted by molar-refractivity contribution is 5.48. The number of halogens is 1. The first-order chi connectivity index (χ1) is 6.97. The van der Waals surface area contributed by atoms with Crippen LogP contribution in [0.15, 0.2) is 30.3 Å². The van der Waals surface area contributed by atoms with E-state index in [1.165, 1.54) is 12.1 Å². The van der Waals surface area contributed by atoms with Gasteiger partial charge in [0.25, 0.3) is 0 Å². The van der Waals surface area contributed by atoms with Crippen LogP contribution in [-0.2, 0) is 0 Å². The van der Waals surface area contributed by atoms with Crippen molar-refractivity contribution >= 4 is 6.08 Å². The summed E-state index contributed by atoms with van der Waals surface area (Å²) in [5.41, 5.74) is 6.61. The van der Waals surface area contributed by atoms with Crippen molar-refractivity contribution in [3.05, 3.63) is 41.7 Å². The van der Waals surface area contributed by atoms with Crippen LogP contribution in [0.25, 0.3) is 6.08 Å². The highest BCUT2D eigenvalue weighted by Gasteiger charge is 2.07. The van der Waals surface area contributed by atoms with Gasteiger partial charge in [0.1, 0.15) is 5.82 Å². The van der Waals surface area contributed by atoms with E-state index in [-0.39, 0.29) is 11.4 Å². The Morgan fingerprint density at radius 3 is 2.73 bits per heavy atom. The second kappa shape index (κ2) is 5.08. The third-order valence-corrected chi connectivity index (χ3v) is 2.11. The fourth-order valence-corrected chi connectivity index (χ4v) is 1.29. The highest BCUT2D eigenvalue weighted by Crippen LogP contribution is 2.10. The van der Waals surface area contributed by atoms with Gasteiger partial charge >= 0.3 is 0 Å². The van der Waals surface area contributed by atoms with Crippen LogP contribution in [0, 0.1) is 5.82 Å². The molecule has 0 bridgehead atoms. The van der Waals surface area contributed by atoms with Crippen LogP contribution < -0.4 is 5.73 Å². The van der Waals surface area contributed by atoms with Crippen molar-refractivity contribution in [3.63, 3.8) is 0 Å². The molecule has 1 rings (SSSR count). The molecule has 82 valence electrons. The third kappa shape index (κ3) is 5.33. The molecule has 1 aromatic carbocycles. The summed E-state index contributed by atoms with van der Waals surface area (Å²) in [6.07, 6.45) is 5.80. The standard InChI is InChI=1S/C13H18FN/c1-13(2,15)9-4-3-6-11-7-5-8-12(14)10-11/h3,5-8,10H,4,9,15H2,1-2H3/b6-3+. The monoisotopic (exact) mass is 207 g/mol. The summed E-state index contributed by atoms with van der Waals surface area (Å²) in [4.78, 5) is 0. The van der Waals surface area contributed by atoms with Gasteiger partial charge in [0.15, 0.2) is 0 Å². The van der Waals surface area contributed by atoms with Crippen molar-refractivity contribution in [2.75, 3.05) is 0 Å². The average Bonchev–Trinajstić information content (AvgIpc) is 2.11. The van der Waals surface area contributed by atoms with Gasteiger partial charge in [0.05, 0.1) is 0 Å². The van der Waals surface area contributed by atoms with Crippen LogP contribution in [0.1, 0.15) is 32.3 Å². The molecule has 0 radical (unpaired) electrons. The SMILES string of the molecule is CC(C)(N)CC/C=C/c1cccc(F)c1. The van der Waals surface area contributed by atoms with Gasteiger partial charge in [-0.2, -0.15) is 0 Å². The molecule has 0 atom stereocenters. The summed E-state index contributed by atoms with van der Waals surface area (Å²) in [7, 11) is 0. The van der Waals surface area contributed by atoms with Crippen molar-refractivity contribution in [1.29, 1.82) is 0 Å². The Hall–Kier alpha value is -1.15. The van der Waals surface area contributed by atoms with Gasteiger partial charge in [-0.3, -0.25) is 0 Å². The topological polar surface area (TPSA) is 26.0 Å². The molecular weight excluding hydrogens is 189 g/mol. The Morgan fingerprint density at radius 1 is 1.40 bits per heavy atom. The maximum absolute atomic E-state index is 12.8. The minimum atomic E-state index is -0.198. The fourth-order valence-electron chi connectivity index (χ4n) is 1.29. The zero-order valence-corrected chi connectivity index (χ0v) is 9.33. The first-order valence-corrected chi connectivity index (χ1v) is 5.18. The van der Waals surface area contributed by atoms with Crippen molar-refractivity contribution in [2.24, 2.45) is 5.73 Å². The minimum Gasteiger partial charge on any atom is -0.326 e.